The van der Waals surface area contributed by atoms with Crippen LogP contribution >= 0.6 is 11.6 Å². The number of rotatable bonds is 3. The predicted molar refractivity (Wildman–Crippen MR) is 92.0 cm³/mol. The molecule has 0 fully saturated rings. The monoisotopic (exact) mass is 371 g/mol. The summed E-state index contributed by atoms with van der Waals surface area (Å²) in [7, 11) is 0. The van der Waals surface area contributed by atoms with Gasteiger partial charge in [-0.1, -0.05) is 11.6 Å². The third-order valence-electron chi connectivity index (χ3n) is 3.05. The van der Waals surface area contributed by atoms with Crippen LogP contribution in [0.1, 0.15) is 36.7 Å². The van der Waals surface area contributed by atoms with E-state index in [0.29, 0.717) is 5.69 Å². The van der Waals surface area contributed by atoms with Crippen LogP contribution in [-0.4, -0.2) is 16.4 Å². The minimum absolute atomic E-state index is 0.00379. The highest BCUT2D eigenvalue weighted by molar-refractivity contribution is 6.31. The molecule has 2 aromatic rings. The van der Waals surface area contributed by atoms with E-state index in [4.69, 9.17) is 11.6 Å². The van der Waals surface area contributed by atoms with Gasteiger partial charge in [-0.15, -0.1) is 0 Å². The molecule has 25 heavy (non-hydrogen) atoms. The molecule has 0 atom stereocenters. The van der Waals surface area contributed by atoms with Gasteiger partial charge in [0.1, 0.15) is 0 Å². The second-order valence-electron chi connectivity index (χ2n) is 6.48. The quantitative estimate of drug-likeness (QED) is 0.778. The first kappa shape index (κ1) is 19.1. The second kappa shape index (κ2) is 6.92. The molecule has 2 rings (SSSR count). The summed E-state index contributed by atoms with van der Waals surface area (Å²) in [6.07, 6.45) is -1.70. The topological polar surface area (TPSA) is 54.0 Å². The summed E-state index contributed by atoms with van der Waals surface area (Å²) in [6.45, 7) is 5.85. The normalized spacial score (nSPS) is 12.0. The van der Waals surface area contributed by atoms with E-state index < -0.39 is 22.7 Å². The van der Waals surface area contributed by atoms with Crippen molar-refractivity contribution in [1.29, 1.82) is 0 Å². The van der Waals surface area contributed by atoms with Crippen molar-refractivity contribution in [3.05, 3.63) is 52.8 Å². The zero-order valence-corrected chi connectivity index (χ0v) is 14.6. The van der Waals surface area contributed by atoms with Crippen LogP contribution in [0.3, 0.4) is 0 Å². The van der Waals surface area contributed by atoms with E-state index in [0.717, 1.165) is 12.1 Å². The third kappa shape index (κ3) is 5.35. The van der Waals surface area contributed by atoms with Crippen LogP contribution in [0.15, 0.2) is 36.7 Å². The number of anilines is 2. The molecule has 0 unspecified atom stereocenters. The average Bonchev–Trinajstić information content (AvgIpc) is 2.46. The fourth-order valence-corrected chi connectivity index (χ4v) is 2.31. The fourth-order valence-electron chi connectivity index (χ4n) is 2.09. The molecule has 1 heterocycles. The van der Waals surface area contributed by atoms with Crippen LogP contribution in [0.5, 0.6) is 0 Å². The number of halogens is 4. The maximum absolute atomic E-state index is 12.9. The highest BCUT2D eigenvalue weighted by Crippen LogP contribution is 2.36. The van der Waals surface area contributed by atoms with Crippen molar-refractivity contribution < 1.29 is 18.0 Å². The van der Waals surface area contributed by atoms with Gasteiger partial charge in [0.15, 0.2) is 0 Å². The molecule has 0 aliphatic heterocycles. The van der Waals surface area contributed by atoms with Gasteiger partial charge in [0.05, 0.1) is 21.8 Å². The molecule has 4 nitrogen and oxygen atoms in total. The van der Waals surface area contributed by atoms with E-state index in [2.05, 4.69) is 15.6 Å². The molecule has 2 N–H and O–H groups in total. The molecular formula is C17H17ClF3N3O. The first-order valence-electron chi connectivity index (χ1n) is 7.37. The van der Waals surface area contributed by atoms with E-state index in [1.54, 1.807) is 12.3 Å². The molecule has 134 valence electrons. The number of nitrogens with zero attached hydrogens (tertiary/aromatic N) is 1. The van der Waals surface area contributed by atoms with E-state index in [-0.39, 0.29) is 16.8 Å². The van der Waals surface area contributed by atoms with Crippen molar-refractivity contribution in [1.82, 2.24) is 4.98 Å². The Morgan fingerprint density at radius 2 is 1.76 bits per heavy atom. The minimum atomic E-state index is -4.60. The largest absolute Gasteiger partial charge is 0.417 e. The molecule has 0 saturated carbocycles. The van der Waals surface area contributed by atoms with Gasteiger partial charge in [0.25, 0.3) is 5.91 Å². The van der Waals surface area contributed by atoms with Gasteiger partial charge in [0, 0.05) is 23.6 Å². The second-order valence-corrected chi connectivity index (χ2v) is 6.89. The Hall–Kier alpha value is -2.28. The van der Waals surface area contributed by atoms with Gasteiger partial charge in [-0.25, -0.2) is 0 Å². The summed E-state index contributed by atoms with van der Waals surface area (Å²) < 4.78 is 38.7. The van der Waals surface area contributed by atoms with E-state index in [1.807, 2.05) is 20.8 Å². The van der Waals surface area contributed by atoms with Crippen LogP contribution < -0.4 is 10.6 Å². The molecular weight excluding hydrogens is 355 g/mol. The smallest absolute Gasteiger partial charge is 0.379 e. The van der Waals surface area contributed by atoms with Gasteiger partial charge in [-0.3, -0.25) is 9.78 Å². The number of benzene rings is 1. The number of pyridine rings is 1. The van der Waals surface area contributed by atoms with Gasteiger partial charge < -0.3 is 10.6 Å². The Kier molecular flexibility index (Phi) is 5.27. The summed E-state index contributed by atoms with van der Waals surface area (Å²) in [5, 5.41) is 5.16. The number of carbonyl (C=O) groups is 1. The Morgan fingerprint density at radius 1 is 1.08 bits per heavy atom. The molecule has 8 heteroatoms. The predicted octanol–water partition coefficient (Wildman–Crippen LogP) is 5.22. The summed E-state index contributed by atoms with van der Waals surface area (Å²) in [5.41, 5.74) is -0.386. The Balaban J connectivity index is 2.22. The Bertz CT molecular complexity index is 785. The number of hydrogen-bond donors (Lipinski definition) is 2. The van der Waals surface area contributed by atoms with E-state index in [1.165, 1.54) is 12.3 Å². The molecule has 0 saturated heterocycles. The van der Waals surface area contributed by atoms with Gasteiger partial charge in [0.2, 0.25) is 0 Å². The number of hydrogen-bond acceptors (Lipinski definition) is 3. The summed E-state index contributed by atoms with van der Waals surface area (Å²) in [6, 6.07) is 4.77. The Morgan fingerprint density at radius 3 is 2.36 bits per heavy atom. The zero-order chi connectivity index (χ0) is 18.8. The molecule has 0 bridgehead atoms. The van der Waals surface area contributed by atoms with Crippen LogP contribution in [0, 0.1) is 0 Å². The van der Waals surface area contributed by atoms with Crippen molar-refractivity contribution >= 4 is 28.9 Å². The van der Waals surface area contributed by atoms with Gasteiger partial charge >= 0.3 is 6.18 Å². The lowest BCUT2D eigenvalue weighted by molar-refractivity contribution is -0.137. The number of aromatic nitrogens is 1. The summed E-state index contributed by atoms with van der Waals surface area (Å²) >= 11 is 5.57. The van der Waals surface area contributed by atoms with Crippen molar-refractivity contribution in [3.8, 4) is 0 Å². The number of amides is 1. The van der Waals surface area contributed by atoms with Gasteiger partial charge in [-0.05, 0) is 45.0 Å². The molecule has 0 radical (unpaired) electrons. The lowest BCUT2D eigenvalue weighted by Gasteiger charge is -2.22. The van der Waals surface area contributed by atoms with Crippen LogP contribution in [0.25, 0.3) is 0 Å². The maximum atomic E-state index is 12.9. The summed E-state index contributed by atoms with van der Waals surface area (Å²) in [4.78, 5) is 16.3. The average molecular weight is 372 g/mol. The van der Waals surface area contributed by atoms with E-state index in [9.17, 15) is 18.0 Å². The molecule has 1 amide bonds. The van der Waals surface area contributed by atoms with Crippen LogP contribution in [0.4, 0.5) is 24.5 Å². The van der Waals surface area contributed by atoms with Gasteiger partial charge in [-0.2, -0.15) is 13.2 Å². The highest BCUT2D eigenvalue weighted by atomic mass is 35.5. The SMILES string of the molecule is CC(C)(C)Nc1cncc(C(=O)Nc2ccc(Cl)c(C(F)(F)F)c2)c1. The van der Waals surface area contributed by atoms with Crippen LogP contribution in [-0.2, 0) is 6.18 Å². The zero-order valence-electron chi connectivity index (χ0n) is 13.8. The van der Waals surface area contributed by atoms with Crippen molar-refractivity contribution in [2.75, 3.05) is 10.6 Å². The molecule has 0 spiro atoms. The van der Waals surface area contributed by atoms with Crippen molar-refractivity contribution in [2.24, 2.45) is 0 Å². The molecule has 0 aliphatic rings. The first-order valence-corrected chi connectivity index (χ1v) is 7.75. The summed E-state index contributed by atoms with van der Waals surface area (Å²) in [5.74, 6) is -0.569. The number of nitrogens with one attached hydrogen (secondary N) is 2. The van der Waals surface area contributed by atoms with Crippen LogP contribution in [0.2, 0.25) is 5.02 Å². The lowest BCUT2D eigenvalue weighted by atomic mass is 10.1. The number of carbonyl (C=O) groups excluding carboxylic acids is 1. The fraction of sp³-hybridized carbons (Fsp3) is 0.294. The molecule has 0 aliphatic carbocycles. The maximum Gasteiger partial charge on any atom is 0.417 e. The highest BCUT2D eigenvalue weighted by Gasteiger charge is 2.33. The number of alkyl halides is 3. The minimum Gasteiger partial charge on any atom is -0.379 e. The third-order valence-corrected chi connectivity index (χ3v) is 3.38. The lowest BCUT2D eigenvalue weighted by Crippen LogP contribution is -2.26. The van der Waals surface area contributed by atoms with Crippen molar-refractivity contribution in [3.63, 3.8) is 0 Å². The standard InChI is InChI=1S/C17H17ClF3N3O/c1-16(2,3)24-12-6-10(8-22-9-12)15(25)23-11-4-5-14(18)13(7-11)17(19,20)21/h4-9,24H,1-3H3,(H,23,25). The first-order chi connectivity index (χ1) is 11.5. The molecule has 1 aromatic heterocycles. The van der Waals surface area contributed by atoms with Crippen molar-refractivity contribution in [2.45, 2.75) is 32.5 Å². The van der Waals surface area contributed by atoms with E-state index >= 15 is 0 Å². The molecule has 1 aromatic carbocycles. The Labute approximate surface area is 148 Å².